The number of ether oxygens (including phenoxy) is 1. The number of rotatable bonds is 8. The van der Waals surface area contributed by atoms with Gasteiger partial charge in [0.15, 0.2) is 0 Å². The van der Waals surface area contributed by atoms with Crippen molar-refractivity contribution < 1.29 is 14.3 Å². The summed E-state index contributed by atoms with van der Waals surface area (Å²) in [6.45, 7) is 3.87. The fourth-order valence-corrected chi connectivity index (χ4v) is 4.59. The summed E-state index contributed by atoms with van der Waals surface area (Å²) in [7, 11) is 0. The van der Waals surface area contributed by atoms with Crippen molar-refractivity contribution >= 4 is 17.7 Å². The zero-order valence-electron chi connectivity index (χ0n) is 21.6. The largest absolute Gasteiger partial charge is 0.463 e. The maximum Gasteiger partial charge on any atom is 0.309 e. The van der Waals surface area contributed by atoms with Crippen LogP contribution >= 0.6 is 0 Å². The van der Waals surface area contributed by atoms with Crippen molar-refractivity contribution in [3.8, 4) is 11.3 Å². The second kappa shape index (κ2) is 11.9. The third-order valence-electron chi connectivity index (χ3n) is 6.63. The molecule has 3 aromatic rings. The lowest BCUT2D eigenvalue weighted by Crippen LogP contribution is -2.42. The lowest BCUT2D eigenvalue weighted by atomic mass is 9.86. The molecule has 1 aliphatic rings. The smallest absolute Gasteiger partial charge is 0.309 e. The predicted molar refractivity (Wildman–Crippen MR) is 145 cm³/mol. The van der Waals surface area contributed by atoms with Gasteiger partial charge in [0.1, 0.15) is 11.4 Å². The van der Waals surface area contributed by atoms with E-state index in [9.17, 15) is 14.4 Å². The Hall–Kier alpha value is -4.27. The molecule has 9 heteroatoms. The number of hydrogen-bond donors (Lipinski definition) is 3. The fraction of sp³-hybridized carbons (Fsp3) is 0.345. The average molecular weight is 516 g/mol. The molecule has 1 saturated carbocycles. The van der Waals surface area contributed by atoms with Gasteiger partial charge in [-0.05, 0) is 51.2 Å². The van der Waals surface area contributed by atoms with Crippen LogP contribution in [0.25, 0.3) is 11.3 Å². The highest BCUT2D eigenvalue weighted by Crippen LogP contribution is 2.26. The first-order valence-corrected chi connectivity index (χ1v) is 12.8. The third kappa shape index (κ3) is 6.53. The number of carbonyl (C=O) groups excluding carboxylic acids is 2. The Balaban J connectivity index is 1.58. The summed E-state index contributed by atoms with van der Waals surface area (Å²) in [5.41, 5.74) is 7.69. The summed E-state index contributed by atoms with van der Waals surface area (Å²) in [4.78, 5) is 38.9. The summed E-state index contributed by atoms with van der Waals surface area (Å²) in [6.07, 6.45) is 2.36. The van der Waals surface area contributed by atoms with E-state index in [0.717, 1.165) is 5.56 Å². The van der Waals surface area contributed by atoms with Gasteiger partial charge in [0.05, 0.1) is 24.3 Å². The van der Waals surface area contributed by atoms with E-state index in [0.29, 0.717) is 42.5 Å². The van der Waals surface area contributed by atoms with E-state index < -0.39 is 11.5 Å². The molecular formula is C29H33N5O4. The Bertz CT molecular complexity index is 1360. The van der Waals surface area contributed by atoms with Gasteiger partial charge in [-0.15, -0.1) is 0 Å². The van der Waals surface area contributed by atoms with Crippen LogP contribution in [0.15, 0.2) is 65.5 Å². The highest BCUT2D eigenvalue weighted by molar-refractivity contribution is 5.96. The van der Waals surface area contributed by atoms with Gasteiger partial charge in [0.2, 0.25) is 0 Å². The molecule has 9 nitrogen and oxygen atoms in total. The van der Waals surface area contributed by atoms with Gasteiger partial charge < -0.3 is 15.8 Å². The minimum Gasteiger partial charge on any atom is -0.463 e. The summed E-state index contributed by atoms with van der Waals surface area (Å²) < 4.78 is 6.64. The van der Waals surface area contributed by atoms with Crippen molar-refractivity contribution in [1.29, 1.82) is 5.41 Å². The van der Waals surface area contributed by atoms with Crippen LogP contribution in [0.4, 0.5) is 0 Å². The lowest BCUT2D eigenvalue weighted by Gasteiger charge is -2.28. The Morgan fingerprint density at radius 2 is 1.74 bits per heavy atom. The number of esters is 1. The van der Waals surface area contributed by atoms with E-state index in [1.54, 1.807) is 24.3 Å². The monoisotopic (exact) mass is 515 g/mol. The number of nitrogens with one attached hydrogen (secondary N) is 2. The first-order valence-electron chi connectivity index (χ1n) is 12.8. The normalized spacial score (nSPS) is 17.1. The van der Waals surface area contributed by atoms with Crippen LogP contribution in [-0.4, -0.2) is 39.6 Å². The molecule has 0 saturated heterocycles. The molecule has 1 aliphatic carbocycles. The maximum absolute atomic E-state index is 13.4. The summed E-state index contributed by atoms with van der Waals surface area (Å²) in [5, 5.41) is 15.2. The van der Waals surface area contributed by atoms with Gasteiger partial charge in [-0.25, -0.2) is 4.68 Å². The molecule has 0 aliphatic heterocycles. The zero-order chi connectivity index (χ0) is 27.2. The number of nitrogen functional groups attached to an aromatic ring is 1. The molecule has 0 radical (unpaired) electrons. The Labute approximate surface area is 221 Å². The van der Waals surface area contributed by atoms with E-state index in [1.807, 2.05) is 44.2 Å². The second-order valence-corrected chi connectivity index (χ2v) is 9.89. The van der Waals surface area contributed by atoms with Crippen LogP contribution in [0.2, 0.25) is 0 Å². The number of nitrogens with two attached hydrogens (primary N) is 1. The fourth-order valence-electron chi connectivity index (χ4n) is 4.59. The molecule has 4 N–H and O–H groups in total. The summed E-state index contributed by atoms with van der Waals surface area (Å²) in [5.74, 6) is -0.873. The summed E-state index contributed by atoms with van der Waals surface area (Å²) in [6, 6.07) is 17.7. The van der Waals surface area contributed by atoms with Crippen molar-refractivity contribution in [2.45, 2.75) is 58.2 Å². The molecule has 38 heavy (non-hydrogen) atoms. The first kappa shape index (κ1) is 26.8. The number of aromatic nitrogens is 2. The van der Waals surface area contributed by atoms with E-state index >= 15 is 0 Å². The number of benzene rings is 2. The Morgan fingerprint density at radius 1 is 1.08 bits per heavy atom. The van der Waals surface area contributed by atoms with E-state index in [2.05, 4.69) is 10.4 Å². The highest BCUT2D eigenvalue weighted by Gasteiger charge is 2.29. The van der Waals surface area contributed by atoms with Crippen molar-refractivity contribution in [2.24, 2.45) is 11.7 Å². The molecule has 0 bridgehead atoms. The van der Waals surface area contributed by atoms with Gasteiger partial charge in [-0.2, -0.15) is 5.10 Å². The molecule has 0 unspecified atom stereocenters. The van der Waals surface area contributed by atoms with Crippen LogP contribution in [0.1, 0.15) is 61.0 Å². The van der Waals surface area contributed by atoms with Crippen LogP contribution < -0.4 is 16.6 Å². The minimum absolute atomic E-state index is 0.00270. The number of carbonyl (C=O) groups is 2. The number of nitrogens with zero attached hydrogens (tertiary/aromatic N) is 2. The molecular weight excluding hydrogens is 482 g/mol. The van der Waals surface area contributed by atoms with Gasteiger partial charge in [-0.1, -0.05) is 54.6 Å². The molecule has 0 atom stereocenters. The van der Waals surface area contributed by atoms with Crippen molar-refractivity contribution in [1.82, 2.24) is 15.1 Å². The number of amidine groups is 1. The second-order valence-electron chi connectivity index (χ2n) is 9.89. The lowest BCUT2D eigenvalue weighted by molar-refractivity contribution is -0.153. The molecule has 198 valence electrons. The maximum atomic E-state index is 13.4. The SMILES string of the molecule is CC(C)OC(=O)C1CCC(NC(=O)c2cc(-c3ccc(C(=N)N)cc3)nn(Cc3ccccc3)c2=O)CC1. The van der Waals surface area contributed by atoms with Crippen LogP contribution in [0.3, 0.4) is 0 Å². The van der Waals surface area contributed by atoms with Gasteiger partial charge >= 0.3 is 5.97 Å². The van der Waals surface area contributed by atoms with E-state index in [-0.39, 0.29) is 42.0 Å². The number of amides is 1. The Kier molecular flexibility index (Phi) is 8.35. The topological polar surface area (TPSA) is 140 Å². The van der Waals surface area contributed by atoms with E-state index in [4.69, 9.17) is 15.9 Å². The molecule has 2 aromatic carbocycles. The minimum atomic E-state index is -0.482. The molecule has 4 rings (SSSR count). The van der Waals surface area contributed by atoms with Gasteiger partial charge in [-0.3, -0.25) is 19.8 Å². The summed E-state index contributed by atoms with van der Waals surface area (Å²) >= 11 is 0. The molecule has 1 amide bonds. The van der Waals surface area contributed by atoms with Crippen molar-refractivity contribution in [3.05, 3.63) is 87.7 Å². The highest BCUT2D eigenvalue weighted by atomic mass is 16.5. The molecule has 1 heterocycles. The Morgan fingerprint density at radius 3 is 2.34 bits per heavy atom. The molecule has 0 spiro atoms. The molecule has 1 fully saturated rings. The molecule has 1 aromatic heterocycles. The van der Waals surface area contributed by atoms with Crippen molar-refractivity contribution in [3.63, 3.8) is 0 Å². The quantitative estimate of drug-likeness (QED) is 0.238. The van der Waals surface area contributed by atoms with Crippen LogP contribution in [0, 0.1) is 11.3 Å². The van der Waals surface area contributed by atoms with E-state index in [1.165, 1.54) is 10.7 Å². The predicted octanol–water partition coefficient (Wildman–Crippen LogP) is 3.48. The van der Waals surface area contributed by atoms with Crippen LogP contribution in [0.5, 0.6) is 0 Å². The standard InChI is InChI=1S/C29H33N5O4/c1-18(2)38-29(37)22-12-14-23(15-13-22)32-27(35)24-16-25(20-8-10-21(11-9-20)26(30)31)33-34(28(24)36)17-19-6-4-3-5-7-19/h3-11,16,18,22-23H,12-15,17H2,1-2H3,(H3,30,31)(H,32,35). The third-order valence-corrected chi connectivity index (χ3v) is 6.63. The number of hydrogen-bond acceptors (Lipinski definition) is 6. The van der Waals surface area contributed by atoms with Crippen LogP contribution in [-0.2, 0) is 16.1 Å². The first-order chi connectivity index (χ1) is 18.2. The van der Waals surface area contributed by atoms with Gasteiger partial charge in [0, 0.05) is 17.2 Å². The van der Waals surface area contributed by atoms with Crippen molar-refractivity contribution in [2.75, 3.05) is 0 Å². The van der Waals surface area contributed by atoms with Gasteiger partial charge in [0.25, 0.3) is 11.5 Å². The average Bonchev–Trinajstić information content (AvgIpc) is 2.90. The zero-order valence-corrected chi connectivity index (χ0v) is 21.6.